The van der Waals surface area contributed by atoms with Crippen LogP contribution in [0.25, 0.3) is 0 Å². The summed E-state index contributed by atoms with van der Waals surface area (Å²) in [4.78, 5) is 15.7. The fourth-order valence-electron chi connectivity index (χ4n) is 1.84. The minimum absolute atomic E-state index is 0.0711. The second kappa shape index (κ2) is 3.87. The molecule has 4 heteroatoms. The number of rotatable bonds is 3. The van der Waals surface area contributed by atoms with Gasteiger partial charge in [0.05, 0.1) is 6.10 Å². The Morgan fingerprint density at radius 1 is 1.56 bits per heavy atom. The fourth-order valence-corrected chi connectivity index (χ4v) is 1.84. The van der Waals surface area contributed by atoms with Crippen LogP contribution < -0.4 is 5.73 Å². The molecule has 0 radical (unpaired) electrons. The molecular weight excluding hydrogens is 204 g/mol. The molecule has 86 valence electrons. The number of carbonyl (C=O) groups excluding carboxylic acids is 1. The van der Waals surface area contributed by atoms with Crippen molar-refractivity contribution in [2.45, 2.75) is 37.8 Å². The largest absolute Gasteiger partial charge is 0.462 e. The Morgan fingerprint density at radius 3 is 2.75 bits per heavy atom. The Hall–Kier alpha value is -1.42. The summed E-state index contributed by atoms with van der Waals surface area (Å²) >= 11 is 0. The Bertz CT molecular complexity index is 391. The Labute approximate surface area is 94.8 Å². The highest BCUT2D eigenvalue weighted by atomic mass is 16.5. The van der Waals surface area contributed by atoms with Gasteiger partial charge in [-0.15, -0.1) is 0 Å². The van der Waals surface area contributed by atoms with Gasteiger partial charge in [0, 0.05) is 18.3 Å². The van der Waals surface area contributed by atoms with Gasteiger partial charge in [-0.05, 0) is 38.0 Å². The lowest BCUT2D eigenvalue weighted by molar-refractivity contribution is -0.150. The first kappa shape index (κ1) is 11.1. The highest BCUT2D eigenvalue weighted by molar-refractivity contribution is 5.86. The molecular formula is C12H16N2O2. The lowest BCUT2D eigenvalue weighted by atomic mass is 10.1. The molecule has 2 unspecified atom stereocenters. The van der Waals surface area contributed by atoms with E-state index in [1.807, 2.05) is 26.0 Å². The lowest BCUT2D eigenvalue weighted by Gasteiger charge is -2.13. The molecule has 2 rings (SSSR count). The summed E-state index contributed by atoms with van der Waals surface area (Å²) in [5.41, 5.74) is 6.25. The van der Waals surface area contributed by atoms with E-state index in [0.717, 1.165) is 5.56 Å². The molecule has 16 heavy (non-hydrogen) atoms. The van der Waals surface area contributed by atoms with Crippen molar-refractivity contribution in [3.8, 4) is 0 Å². The van der Waals surface area contributed by atoms with Crippen LogP contribution in [-0.4, -0.2) is 22.6 Å². The molecule has 0 aromatic carbocycles. The molecule has 0 amide bonds. The SMILES string of the molecule is CC(C)OC(=O)C1(N)CC1c1ccncc1. The van der Waals surface area contributed by atoms with E-state index in [2.05, 4.69) is 4.98 Å². The number of ether oxygens (including phenoxy) is 1. The van der Waals surface area contributed by atoms with Gasteiger partial charge in [0.25, 0.3) is 0 Å². The van der Waals surface area contributed by atoms with Gasteiger partial charge in [0.2, 0.25) is 0 Å². The molecule has 1 fully saturated rings. The summed E-state index contributed by atoms with van der Waals surface area (Å²) < 4.78 is 5.15. The molecule has 1 aliphatic rings. The zero-order valence-corrected chi connectivity index (χ0v) is 9.51. The second-order valence-corrected chi connectivity index (χ2v) is 4.53. The first-order valence-corrected chi connectivity index (χ1v) is 5.44. The number of aromatic nitrogens is 1. The predicted octanol–water partition coefficient (Wildman–Crippen LogP) is 1.22. The maximum atomic E-state index is 11.8. The number of hydrogen-bond donors (Lipinski definition) is 1. The Morgan fingerprint density at radius 2 is 2.19 bits per heavy atom. The monoisotopic (exact) mass is 220 g/mol. The van der Waals surface area contributed by atoms with Crippen LogP contribution in [0.1, 0.15) is 31.7 Å². The topological polar surface area (TPSA) is 65.2 Å². The highest BCUT2D eigenvalue weighted by Gasteiger charge is 2.59. The van der Waals surface area contributed by atoms with Crippen molar-refractivity contribution in [1.82, 2.24) is 4.98 Å². The third kappa shape index (κ3) is 1.93. The van der Waals surface area contributed by atoms with Gasteiger partial charge in [0.1, 0.15) is 5.54 Å². The Kier molecular flexibility index (Phi) is 2.68. The van der Waals surface area contributed by atoms with E-state index < -0.39 is 5.54 Å². The van der Waals surface area contributed by atoms with E-state index in [-0.39, 0.29) is 18.0 Å². The van der Waals surface area contributed by atoms with Crippen LogP contribution in [0.3, 0.4) is 0 Å². The summed E-state index contributed by atoms with van der Waals surface area (Å²) in [7, 11) is 0. The fraction of sp³-hybridized carbons (Fsp3) is 0.500. The average Bonchev–Trinajstić information content (AvgIpc) is 2.93. The van der Waals surface area contributed by atoms with Crippen molar-refractivity contribution >= 4 is 5.97 Å². The summed E-state index contributed by atoms with van der Waals surface area (Å²) in [5.74, 6) is -0.230. The molecule has 1 aromatic heterocycles. The van der Waals surface area contributed by atoms with E-state index in [0.29, 0.717) is 6.42 Å². The summed E-state index contributed by atoms with van der Waals surface area (Å²) in [6.45, 7) is 3.65. The average molecular weight is 220 g/mol. The second-order valence-electron chi connectivity index (χ2n) is 4.53. The van der Waals surface area contributed by atoms with Crippen molar-refractivity contribution in [3.63, 3.8) is 0 Å². The van der Waals surface area contributed by atoms with Gasteiger partial charge in [-0.25, -0.2) is 0 Å². The number of nitrogens with zero attached hydrogens (tertiary/aromatic N) is 1. The van der Waals surface area contributed by atoms with Gasteiger partial charge < -0.3 is 10.5 Å². The standard InChI is InChI=1S/C12H16N2O2/c1-8(2)16-11(15)12(13)7-10(12)9-3-5-14-6-4-9/h3-6,8,10H,7,13H2,1-2H3. The van der Waals surface area contributed by atoms with Crippen molar-refractivity contribution in [3.05, 3.63) is 30.1 Å². The van der Waals surface area contributed by atoms with E-state index >= 15 is 0 Å². The van der Waals surface area contributed by atoms with Crippen LogP contribution >= 0.6 is 0 Å². The normalized spacial score (nSPS) is 27.9. The molecule has 1 aliphatic carbocycles. The molecule has 2 atom stereocenters. The van der Waals surface area contributed by atoms with Crippen molar-refractivity contribution in [2.75, 3.05) is 0 Å². The van der Waals surface area contributed by atoms with Crippen LogP contribution in [-0.2, 0) is 9.53 Å². The molecule has 1 aromatic rings. The predicted molar refractivity (Wildman–Crippen MR) is 59.7 cm³/mol. The van der Waals surface area contributed by atoms with Gasteiger partial charge in [-0.1, -0.05) is 0 Å². The van der Waals surface area contributed by atoms with E-state index in [4.69, 9.17) is 10.5 Å². The third-order valence-electron chi connectivity index (χ3n) is 2.83. The molecule has 4 nitrogen and oxygen atoms in total. The number of pyridine rings is 1. The van der Waals surface area contributed by atoms with Crippen LogP contribution in [0.2, 0.25) is 0 Å². The first-order chi connectivity index (χ1) is 7.54. The van der Waals surface area contributed by atoms with Crippen LogP contribution in [0.15, 0.2) is 24.5 Å². The zero-order valence-electron chi connectivity index (χ0n) is 9.51. The molecule has 0 bridgehead atoms. The van der Waals surface area contributed by atoms with Crippen LogP contribution in [0.5, 0.6) is 0 Å². The lowest BCUT2D eigenvalue weighted by Crippen LogP contribution is -2.37. The first-order valence-electron chi connectivity index (χ1n) is 5.44. The van der Waals surface area contributed by atoms with E-state index in [1.54, 1.807) is 12.4 Å². The summed E-state index contributed by atoms with van der Waals surface area (Å²) in [5, 5.41) is 0. The smallest absolute Gasteiger partial charge is 0.327 e. The van der Waals surface area contributed by atoms with Gasteiger partial charge in [-0.3, -0.25) is 9.78 Å². The zero-order chi connectivity index (χ0) is 11.8. The van der Waals surface area contributed by atoms with Crippen LogP contribution in [0.4, 0.5) is 0 Å². The maximum Gasteiger partial charge on any atom is 0.327 e. The minimum Gasteiger partial charge on any atom is -0.462 e. The summed E-state index contributed by atoms with van der Waals surface area (Å²) in [6.07, 6.45) is 3.96. The van der Waals surface area contributed by atoms with Gasteiger partial charge in [-0.2, -0.15) is 0 Å². The van der Waals surface area contributed by atoms with Crippen LogP contribution in [0, 0.1) is 0 Å². The van der Waals surface area contributed by atoms with E-state index in [9.17, 15) is 4.79 Å². The number of nitrogens with two attached hydrogens (primary N) is 1. The quantitative estimate of drug-likeness (QED) is 0.778. The summed E-state index contributed by atoms with van der Waals surface area (Å²) in [6, 6.07) is 3.78. The molecule has 1 saturated carbocycles. The highest BCUT2D eigenvalue weighted by Crippen LogP contribution is 2.50. The molecule has 0 saturated heterocycles. The molecule has 0 aliphatic heterocycles. The molecule has 2 N–H and O–H groups in total. The van der Waals surface area contributed by atoms with Crippen molar-refractivity contribution in [1.29, 1.82) is 0 Å². The third-order valence-corrected chi connectivity index (χ3v) is 2.83. The van der Waals surface area contributed by atoms with Crippen molar-refractivity contribution < 1.29 is 9.53 Å². The maximum absolute atomic E-state index is 11.8. The number of hydrogen-bond acceptors (Lipinski definition) is 4. The van der Waals surface area contributed by atoms with Crippen molar-refractivity contribution in [2.24, 2.45) is 5.73 Å². The minimum atomic E-state index is -0.828. The molecule has 1 heterocycles. The number of esters is 1. The molecule has 0 spiro atoms. The van der Waals surface area contributed by atoms with Gasteiger partial charge >= 0.3 is 5.97 Å². The van der Waals surface area contributed by atoms with E-state index in [1.165, 1.54) is 0 Å². The number of carbonyl (C=O) groups is 1. The van der Waals surface area contributed by atoms with Gasteiger partial charge in [0.15, 0.2) is 0 Å². The Balaban J connectivity index is 2.07.